The Kier molecular flexibility index (Phi) is 8.84. The first kappa shape index (κ1) is 35.0. The topological polar surface area (TPSA) is 57.4 Å². The van der Waals surface area contributed by atoms with Crippen LogP contribution in [-0.4, -0.2) is 28.0 Å². The lowest BCUT2D eigenvalue weighted by molar-refractivity contribution is 1.27. The molecular weight excluding hydrogens is 697 g/mol. The predicted octanol–water partition coefficient (Wildman–Crippen LogP) is 13.2. The molecule has 2 aliphatic rings. The number of H-pyrrole nitrogens is 2. The zero-order chi connectivity index (χ0) is 38.4. The first-order chi connectivity index (χ1) is 27.2. The highest BCUT2D eigenvalue weighted by Gasteiger charge is 2.20. The van der Waals surface area contributed by atoms with Crippen molar-refractivity contribution in [2.24, 2.45) is 0 Å². The number of hydrogen-bond acceptors (Lipinski definition) is 2. The van der Waals surface area contributed by atoms with Gasteiger partial charge in [-0.25, -0.2) is 9.97 Å². The van der Waals surface area contributed by atoms with E-state index in [4.69, 9.17) is 9.97 Å². The molecule has 0 unspecified atom stereocenters. The van der Waals surface area contributed by atoms with E-state index in [-0.39, 0.29) is 0 Å². The summed E-state index contributed by atoms with van der Waals surface area (Å²) in [7, 11) is -1.52. The van der Waals surface area contributed by atoms with Gasteiger partial charge < -0.3 is 9.97 Å². The Balaban J connectivity index is 1.42. The monoisotopic (exact) mass is 738 g/mol. The first-order valence-electron chi connectivity index (χ1n) is 19.2. The zero-order valence-corrected chi connectivity index (χ0v) is 33.3. The molecule has 9 rings (SSSR count). The largest absolute Gasteiger partial charge is 0.354 e. The maximum Gasteiger partial charge on any atom is 0.129 e. The Bertz CT molecular complexity index is 2780. The molecule has 2 N–H and O–H groups in total. The van der Waals surface area contributed by atoms with Crippen LogP contribution in [-0.2, 0) is 0 Å². The molecule has 0 spiro atoms. The van der Waals surface area contributed by atoms with Crippen molar-refractivity contribution >= 4 is 54.4 Å². The molecule has 5 heteroatoms. The van der Waals surface area contributed by atoms with Crippen LogP contribution in [0.3, 0.4) is 0 Å². The van der Waals surface area contributed by atoms with Gasteiger partial charge in [-0.3, -0.25) is 0 Å². The molecule has 0 amide bonds. The molecule has 0 radical (unpaired) electrons. The summed E-state index contributed by atoms with van der Waals surface area (Å²) in [4.78, 5) is 18.6. The van der Waals surface area contributed by atoms with E-state index in [1.807, 2.05) is 0 Å². The second kappa shape index (κ2) is 14.2. The van der Waals surface area contributed by atoms with Crippen LogP contribution in [0.5, 0.6) is 0 Å². The lowest BCUT2D eigenvalue weighted by Crippen LogP contribution is -2.16. The normalized spacial score (nSPS) is 12.1. The molecule has 3 aromatic heterocycles. The molecule has 8 bridgehead atoms. The summed E-state index contributed by atoms with van der Waals surface area (Å²) in [5.74, 6) is 3.42. The van der Waals surface area contributed by atoms with Crippen molar-refractivity contribution in [2.75, 3.05) is 0 Å². The van der Waals surface area contributed by atoms with Gasteiger partial charge in [0.15, 0.2) is 0 Å². The van der Waals surface area contributed by atoms with Crippen LogP contribution in [0.1, 0.15) is 39.5 Å². The number of fused-ring (bicyclic) bond motifs is 8. The number of nitrogens with one attached hydrogen (secondary N) is 2. The van der Waals surface area contributed by atoms with E-state index in [1.54, 1.807) is 0 Å². The zero-order valence-electron chi connectivity index (χ0n) is 32.3. The molecule has 7 aromatic rings. The van der Waals surface area contributed by atoms with E-state index in [1.165, 1.54) is 11.1 Å². The number of rotatable bonds is 4. The standard InChI is InChI=1S/C51H42N4Si/c1-33-11-17-37(18-12-33)49-42-25-23-40(52-42)48(36-9-7-6-8-10-36)41-24-26-43(53-41)50(38-19-13-34(2)14-20-38)45-28-30-47(55-45)51(46-29-27-44(49)54-46)39-21-15-35(16-22-39)31-32-56(3,4)5/h6-30,52-53H,1-5H3. The van der Waals surface area contributed by atoms with E-state index < -0.39 is 8.07 Å². The van der Waals surface area contributed by atoms with E-state index in [0.717, 1.165) is 94.9 Å². The molecule has 270 valence electrons. The third kappa shape index (κ3) is 6.88. The average Bonchev–Trinajstić information content (AvgIpc) is 4.04. The van der Waals surface area contributed by atoms with Crippen LogP contribution in [0, 0.1) is 25.3 Å². The van der Waals surface area contributed by atoms with Gasteiger partial charge in [0.1, 0.15) is 8.07 Å². The number of nitrogens with zero attached hydrogens (tertiary/aromatic N) is 2. The minimum atomic E-state index is -1.52. The van der Waals surface area contributed by atoms with Crippen molar-refractivity contribution < 1.29 is 0 Å². The summed E-state index contributed by atoms with van der Waals surface area (Å²) in [5, 5.41) is 0. The minimum absolute atomic E-state index is 0.865. The molecule has 0 fully saturated rings. The smallest absolute Gasteiger partial charge is 0.129 e. The van der Waals surface area contributed by atoms with E-state index in [2.05, 4.69) is 207 Å². The van der Waals surface area contributed by atoms with E-state index in [0.29, 0.717) is 0 Å². The van der Waals surface area contributed by atoms with Gasteiger partial charge in [0, 0.05) is 49.9 Å². The molecule has 5 heterocycles. The quantitative estimate of drug-likeness (QED) is 0.140. The fourth-order valence-corrected chi connectivity index (χ4v) is 7.97. The van der Waals surface area contributed by atoms with Gasteiger partial charge in [0.25, 0.3) is 0 Å². The van der Waals surface area contributed by atoms with Crippen molar-refractivity contribution in [1.29, 1.82) is 0 Å². The molecule has 0 aliphatic carbocycles. The number of aromatic amines is 2. The molecule has 56 heavy (non-hydrogen) atoms. The third-order valence-corrected chi connectivity index (χ3v) is 11.1. The Labute approximate surface area is 329 Å². The molecule has 0 saturated carbocycles. The van der Waals surface area contributed by atoms with E-state index >= 15 is 0 Å². The van der Waals surface area contributed by atoms with Crippen LogP contribution in [0.4, 0.5) is 0 Å². The van der Waals surface area contributed by atoms with Crippen LogP contribution in [0.15, 0.2) is 127 Å². The number of benzene rings is 4. The van der Waals surface area contributed by atoms with Crippen LogP contribution in [0.25, 0.3) is 90.9 Å². The van der Waals surface area contributed by atoms with Crippen LogP contribution in [0.2, 0.25) is 19.6 Å². The van der Waals surface area contributed by atoms with E-state index in [9.17, 15) is 0 Å². The number of aryl methyl sites for hydroxylation is 2. The van der Waals surface area contributed by atoms with Crippen LogP contribution >= 0.6 is 0 Å². The number of aromatic nitrogens is 4. The summed E-state index contributed by atoms with van der Waals surface area (Å²) in [6.07, 6.45) is 8.56. The molecule has 0 atom stereocenters. The Morgan fingerprint density at radius 3 is 1.23 bits per heavy atom. The lowest BCUT2D eigenvalue weighted by Gasteiger charge is -2.08. The summed E-state index contributed by atoms with van der Waals surface area (Å²) < 4.78 is 0. The van der Waals surface area contributed by atoms with Gasteiger partial charge in [-0.1, -0.05) is 128 Å². The molecule has 2 aliphatic heterocycles. The second-order valence-corrected chi connectivity index (χ2v) is 20.4. The summed E-state index contributed by atoms with van der Waals surface area (Å²) in [5.41, 5.74) is 22.9. The van der Waals surface area contributed by atoms with Crippen molar-refractivity contribution in [3.8, 4) is 56.0 Å². The Morgan fingerprint density at radius 2 is 0.786 bits per heavy atom. The molecular formula is C51H42N4Si. The Hall–Kier alpha value is -6.74. The summed E-state index contributed by atoms with van der Waals surface area (Å²) >= 11 is 0. The summed E-state index contributed by atoms with van der Waals surface area (Å²) in [6.45, 7) is 11.1. The van der Waals surface area contributed by atoms with Crippen molar-refractivity contribution in [3.05, 3.63) is 167 Å². The first-order valence-corrected chi connectivity index (χ1v) is 22.7. The van der Waals surface area contributed by atoms with Gasteiger partial charge in [-0.05, 0) is 96.8 Å². The average molecular weight is 739 g/mol. The Morgan fingerprint density at radius 1 is 0.411 bits per heavy atom. The highest BCUT2D eigenvalue weighted by Crippen LogP contribution is 2.38. The SMILES string of the molecule is Cc1ccc(-c2c3nc(c(-c4ccc(C#C[Si](C)(C)C)cc4)c4nc(c(-c5ccc(C)cc5)c5ccc([nH]5)c(-c5ccccc5)c5ccc2[nH]5)C=C4)C=C3)cc1. The highest BCUT2D eigenvalue weighted by molar-refractivity contribution is 6.83. The fourth-order valence-electron chi connectivity index (χ4n) is 7.45. The minimum Gasteiger partial charge on any atom is -0.354 e. The maximum atomic E-state index is 5.44. The molecule has 0 saturated heterocycles. The van der Waals surface area contributed by atoms with Gasteiger partial charge >= 0.3 is 0 Å². The van der Waals surface area contributed by atoms with Crippen LogP contribution < -0.4 is 0 Å². The molecule has 4 nitrogen and oxygen atoms in total. The van der Waals surface area contributed by atoms with Gasteiger partial charge in [-0.2, -0.15) is 0 Å². The highest BCUT2D eigenvalue weighted by atomic mass is 28.3. The van der Waals surface area contributed by atoms with Crippen molar-refractivity contribution in [2.45, 2.75) is 33.5 Å². The maximum absolute atomic E-state index is 5.44. The fraction of sp³-hybridized carbons (Fsp3) is 0.0980. The second-order valence-electron chi connectivity index (χ2n) is 15.7. The third-order valence-electron chi connectivity index (χ3n) is 10.3. The lowest BCUT2D eigenvalue weighted by atomic mass is 10.0. The van der Waals surface area contributed by atoms with Gasteiger partial charge in [0.05, 0.1) is 22.8 Å². The summed E-state index contributed by atoms with van der Waals surface area (Å²) in [6, 6.07) is 45.3. The van der Waals surface area contributed by atoms with Crippen molar-refractivity contribution in [1.82, 2.24) is 19.9 Å². The number of hydrogen-bond donors (Lipinski definition) is 2. The van der Waals surface area contributed by atoms with Gasteiger partial charge in [0.2, 0.25) is 0 Å². The van der Waals surface area contributed by atoms with Crippen molar-refractivity contribution in [3.63, 3.8) is 0 Å². The molecule has 4 aromatic carbocycles. The van der Waals surface area contributed by atoms with Gasteiger partial charge in [-0.15, -0.1) is 5.54 Å². The predicted molar refractivity (Wildman–Crippen MR) is 240 cm³/mol.